The van der Waals surface area contributed by atoms with Crippen LogP contribution < -0.4 is 0 Å². The van der Waals surface area contributed by atoms with E-state index in [-0.39, 0.29) is 17.6 Å². The van der Waals surface area contributed by atoms with Gasteiger partial charge in [-0.25, -0.2) is 0 Å². The summed E-state index contributed by atoms with van der Waals surface area (Å²) in [5.41, 5.74) is 0. The van der Waals surface area contributed by atoms with Crippen molar-refractivity contribution >= 4 is 24.5 Å². The fourth-order valence-electron chi connectivity index (χ4n) is 1.39. The van der Waals surface area contributed by atoms with Gasteiger partial charge in [0.15, 0.2) is 0 Å². The Labute approximate surface area is 82.3 Å². The second-order valence-electron chi connectivity index (χ2n) is 3.19. The molecule has 1 unspecified atom stereocenters. The first-order chi connectivity index (χ1) is 6.09. The second kappa shape index (κ2) is 4.50. The molecule has 1 saturated heterocycles. The minimum absolute atomic E-state index is 0.0883. The van der Waals surface area contributed by atoms with Crippen LogP contribution in [0.15, 0.2) is 0 Å². The zero-order chi connectivity index (χ0) is 9.84. The van der Waals surface area contributed by atoms with Gasteiger partial charge in [0.1, 0.15) is 0 Å². The molecule has 0 aromatic carbocycles. The molecule has 0 bridgehead atoms. The molecule has 1 N–H and O–H groups in total. The van der Waals surface area contributed by atoms with E-state index in [1.165, 1.54) is 0 Å². The second-order valence-corrected chi connectivity index (χ2v) is 3.93. The molecule has 1 atom stereocenters. The van der Waals surface area contributed by atoms with E-state index < -0.39 is 5.97 Å². The molecule has 1 fully saturated rings. The van der Waals surface area contributed by atoms with E-state index in [2.05, 4.69) is 12.6 Å². The molecule has 1 amide bonds. The number of carboxylic acids is 1. The van der Waals surface area contributed by atoms with Crippen LogP contribution >= 0.6 is 12.6 Å². The molecule has 1 aliphatic heterocycles. The Morgan fingerprint density at radius 2 is 2.38 bits per heavy atom. The smallest absolute Gasteiger partial charge is 0.303 e. The monoisotopic (exact) mass is 203 g/mol. The predicted octanol–water partition coefficient (Wildman–Crippen LogP) is 0.382. The van der Waals surface area contributed by atoms with E-state index in [1.807, 2.05) is 0 Å². The standard InChI is InChI=1S/C8H13NO3S/c10-7-4-6(13)5-9(7)3-1-2-8(11)12/h6,13H,1-5H2,(H,11,12). The Morgan fingerprint density at radius 1 is 1.69 bits per heavy atom. The first-order valence-electron chi connectivity index (χ1n) is 4.27. The average molecular weight is 203 g/mol. The summed E-state index contributed by atoms with van der Waals surface area (Å²) >= 11 is 4.19. The fourth-order valence-corrected chi connectivity index (χ4v) is 1.74. The molecule has 0 aromatic rings. The van der Waals surface area contributed by atoms with E-state index in [0.717, 1.165) is 0 Å². The summed E-state index contributed by atoms with van der Waals surface area (Å²) in [7, 11) is 0. The average Bonchev–Trinajstić information content (AvgIpc) is 2.29. The maximum absolute atomic E-state index is 11.2. The lowest BCUT2D eigenvalue weighted by Crippen LogP contribution is -2.26. The van der Waals surface area contributed by atoms with Crippen molar-refractivity contribution in [2.45, 2.75) is 24.5 Å². The third-order valence-electron chi connectivity index (χ3n) is 2.01. The molecule has 0 aromatic heterocycles. The maximum Gasteiger partial charge on any atom is 0.303 e. The number of amides is 1. The van der Waals surface area contributed by atoms with Crippen LogP contribution in [0, 0.1) is 0 Å². The number of hydrogen-bond donors (Lipinski definition) is 2. The van der Waals surface area contributed by atoms with Crippen molar-refractivity contribution in [1.82, 2.24) is 4.90 Å². The molecular weight excluding hydrogens is 190 g/mol. The summed E-state index contributed by atoms with van der Waals surface area (Å²) < 4.78 is 0. The van der Waals surface area contributed by atoms with Crippen LogP contribution in [0.5, 0.6) is 0 Å². The van der Waals surface area contributed by atoms with Crippen LogP contribution in [0.3, 0.4) is 0 Å². The van der Waals surface area contributed by atoms with Gasteiger partial charge in [-0.1, -0.05) is 0 Å². The summed E-state index contributed by atoms with van der Waals surface area (Å²) in [5, 5.41) is 8.51. The molecule has 13 heavy (non-hydrogen) atoms. The molecule has 4 nitrogen and oxygen atoms in total. The Hall–Kier alpha value is -0.710. The summed E-state index contributed by atoms with van der Waals surface area (Å²) in [4.78, 5) is 23.1. The zero-order valence-electron chi connectivity index (χ0n) is 7.27. The van der Waals surface area contributed by atoms with E-state index in [0.29, 0.717) is 25.9 Å². The topological polar surface area (TPSA) is 57.6 Å². The minimum Gasteiger partial charge on any atom is -0.481 e. The number of hydrogen-bond acceptors (Lipinski definition) is 3. The zero-order valence-corrected chi connectivity index (χ0v) is 8.17. The van der Waals surface area contributed by atoms with Crippen molar-refractivity contribution < 1.29 is 14.7 Å². The third-order valence-corrected chi connectivity index (χ3v) is 2.36. The van der Waals surface area contributed by atoms with E-state index in [9.17, 15) is 9.59 Å². The van der Waals surface area contributed by atoms with E-state index in [4.69, 9.17) is 5.11 Å². The van der Waals surface area contributed by atoms with Crippen molar-refractivity contribution in [3.05, 3.63) is 0 Å². The predicted molar refractivity (Wildman–Crippen MR) is 50.8 cm³/mol. The van der Waals surface area contributed by atoms with Crippen LogP contribution in [0.2, 0.25) is 0 Å². The molecule has 1 aliphatic rings. The Bertz CT molecular complexity index is 219. The summed E-state index contributed by atoms with van der Waals surface area (Å²) in [6, 6.07) is 0. The number of rotatable bonds is 4. The van der Waals surface area contributed by atoms with E-state index >= 15 is 0 Å². The molecule has 1 rings (SSSR count). The summed E-state index contributed by atoms with van der Waals surface area (Å²) in [6.07, 6.45) is 1.14. The van der Waals surface area contributed by atoms with Crippen LogP contribution in [-0.2, 0) is 9.59 Å². The molecule has 1 heterocycles. The Morgan fingerprint density at radius 3 is 2.85 bits per heavy atom. The van der Waals surface area contributed by atoms with Crippen LogP contribution in [0.25, 0.3) is 0 Å². The number of aliphatic carboxylic acids is 1. The highest BCUT2D eigenvalue weighted by molar-refractivity contribution is 7.81. The molecule has 0 spiro atoms. The number of carbonyl (C=O) groups excluding carboxylic acids is 1. The summed E-state index contributed by atoms with van der Waals surface area (Å²) in [6.45, 7) is 1.20. The van der Waals surface area contributed by atoms with Gasteiger partial charge in [-0.3, -0.25) is 9.59 Å². The Balaban J connectivity index is 2.22. The van der Waals surface area contributed by atoms with Gasteiger partial charge < -0.3 is 10.0 Å². The van der Waals surface area contributed by atoms with E-state index in [1.54, 1.807) is 4.90 Å². The lowest BCUT2D eigenvalue weighted by Gasteiger charge is -2.14. The van der Waals surface area contributed by atoms with Crippen molar-refractivity contribution in [3.8, 4) is 0 Å². The van der Waals surface area contributed by atoms with Crippen molar-refractivity contribution in [3.63, 3.8) is 0 Å². The SMILES string of the molecule is O=C(O)CCCN1CC(S)CC1=O. The lowest BCUT2D eigenvalue weighted by atomic mass is 10.3. The first-order valence-corrected chi connectivity index (χ1v) is 4.79. The largest absolute Gasteiger partial charge is 0.481 e. The number of thiol groups is 1. The molecule has 0 saturated carbocycles. The minimum atomic E-state index is -0.811. The maximum atomic E-state index is 11.2. The van der Waals surface area contributed by atoms with Gasteiger partial charge in [-0.15, -0.1) is 0 Å². The van der Waals surface area contributed by atoms with Crippen molar-refractivity contribution in [2.75, 3.05) is 13.1 Å². The highest BCUT2D eigenvalue weighted by Gasteiger charge is 2.26. The van der Waals surface area contributed by atoms with Crippen LogP contribution in [0.4, 0.5) is 0 Å². The van der Waals surface area contributed by atoms with Crippen molar-refractivity contribution in [2.24, 2.45) is 0 Å². The number of carboxylic acid groups (broad SMARTS) is 1. The van der Waals surface area contributed by atoms with Gasteiger partial charge in [-0.2, -0.15) is 12.6 Å². The van der Waals surface area contributed by atoms with Crippen LogP contribution in [0.1, 0.15) is 19.3 Å². The van der Waals surface area contributed by atoms with Gasteiger partial charge in [0.2, 0.25) is 5.91 Å². The molecule has 74 valence electrons. The highest BCUT2D eigenvalue weighted by atomic mass is 32.1. The number of likely N-dealkylation sites (tertiary alicyclic amines) is 1. The number of carbonyl (C=O) groups is 2. The van der Waals surface area contributed by atoms with Crippen molar-refractivity contribution in [1.29, 1.82) is 0 Å². The van der Waals surface area contributed by atoms with Gasteiger partial charge in [0.05, 0.1) is 0 Å². The summed E-state index contributed by atoms with van der Waals surface area (Å²) in [5.74, 6) is -0.723. The lowest BCUT2D eigenvalue weighted by molar-refractivity contribution is -0.137. The van der Waals surface area contributed by atoms with Gasteiger partial charge in [0, 0.05) is 31.2 Å². The molecule has 0 radical (unpaired) electrons. The Kier molecular flexibility index (Phi) is 3.59. The highest BCUT2D eigenvalue weighted by Crippen LogP contribution is 2.16. The number of nitrogens with zero attached hydrogens (tertiary/aromatic N) is 1. The third kappa shape index (κ3) is 3.26. The molecule has 0 aliphatic carbocycles. The van der Waals surface area contributed by atoms with Gasteiger partial charge >= 0.3 is 5.97 Å². The van der Waals surface area contributed by atoms with Gasteiger partial charge in [-0.05, 0) is 6.42 Å². The van der Waals surface area contributed by atoms with Gasteiger partial charge in [0.25, 0.3) is 0 Å². The molecule has 5 heteroatoms. The molecular formula is C8H13NO3S. The fraction of sp³-hybridized carbons (Fsp3) is 0.750. The first kappa shape index (κ1) is 10.4. The quantitative estimate of drug-likeness (QED) is 0.649. The normalized spacial score (nSPS) is 22.4. The van der Waals surface area contributed by atoms with Crippen LogP contribution in [-0.4, -0.2) is 40.2 Å².